The molecule has 3 heteroatoms. The molecule has 32 heavy (non-hydrogen) atoms. The topological polar surface area (TPSA) is 18.5 Å². The molecule has 0 fully saturated rings. The zero-order valence-corrected chi connectivity index (χ0v) is 19.6. The summed E-state index contributed by atoms with van der Waals surface area (Å²) in [5.41, 5.74) is 0.918. The molecule has 0 saturated heterocycles. The van der Waals surface area contributed by atoms with Crippen LogP contribution in [0.2, 0.25) is 0 Å². The van der Waals surface area contributed by atoms with Crippen molar-refractivity contribution in [2.24, 2.45) is 0 Å². The normalized spacial score (nSPS) is 11.4. The van der Waals surface area contributed by atoms with Gasteiger partial charge in [0.1, 0.15) is 23.7 Å². The Hall–Kier alpha value is -3.17. The lowest BCUT2D eigenvalue weighted by atomic mass is 10.2. The van der Waals surface area contributed by atoms with Crippen molar-refractivity contribution < 1.29 is 9.47 Å². The molecule has 0 aliphatic heterocycles. The molecule has 0 N–H and O–H groups in total. The first-order chi connectivity index (χ1) is 15.5. The van der Waals surface area contributed by atoms with Gasteiger partial charge in [0.2, 0.25) is 0 Å². The van der Waals surface area contributed by atoms with Crippen LogP contribution in [0.15, 0.2) is 124 Å². The highest BCUT2D eigenvalue weighted by atomic mass is 32.2. The van der Waals surface area contributed by atoms with Crippen LogP contribution in [0.3, 0.4) is 0 Å². The predicted molar refractivity (Wildman–Crippen MR) is 133 cm³/mol. The van der Waals surface area contributed by atoms with E-state index in [1.165, 1.54) is 14.7 Å². The maximum absolute atomic E-state index is 6.04. The Balaban J connectivity index is 1.46. The molecule has 0 amide bonds. The Morgan fingerprint density at radius 1 is 0.562 bits per heavy atom. The highest BCUT2D eigenvalue weighted by Crippen LogP contribution is 2.32. The predicted octanol–water partition coefficient (Wildman–Crippen LogP) is 7.54. The molecule has 0 aromatic heterocycles. The second kappa shape index (κ2) is 9.97. The third kappa shape index (κ3) is 5.95. The van der Waals surface area contributed by atoms with E-state index in [1.54, 1.807) is 0 Å². The van der Waals surface area contributed by atoms with E-state index >= 15 is 0 Å². The number of rotatable bonds is 7. The average Bonchev–Trinajstić information content (AvgIpc) is 2.80. The van der Waals surface area contributed by atoms with E-state index in [9.17, 15) is 0 Å². The van der Waals surface area contributed by atoms with Crippen LogP contribution in [-0.2, 0) is 17.5 Å². The van der Waals surface area contributed by atoms with Crippen molar-refractivity contribution in [3.8, 4) is 11.5 Å². The second-order valence-corrected chi connectivity index (χ2v) is 10.6. The highest BCUT2D eigenvalue weighted by Gasteiger charge is 2.28. The lowest BCUT2D eigenvalue weighted by molar-refractivity contribution is 0.131. The molecule has 4 rings (SSSR count). The van der Waals surface area contributed by atoms with Crippen LogP contribution in [0, 0.1) is 0 Å². The Bertz CT molecular complexity index is 1060. The van der Waals surface area contributed by atoms with Gasteiger partial charge >= 0.3 is 0 Å². The van der Waals surface area contributed by atoms with E-state index in [2.05, 4.69) is 118 Å². The van der Waals surface area contributed by atoms with Crippen LogP contribution in [0.5, 0.6) is 11.5 Å². The summed E-state index contributed by atoms with van der Waals surface area (Å²) in [6.45, 7) is 6.68. The molecule has 0 radical (unpaired) electrons. The number of hydrogen-bond acceptors (Lipinski definition) is 2. The molecule has 0 aliphatic carbocycles. The van der Waals surface area contributed by atoms with Crippen molar-refractivity contribution in [3.63, 3.8) is 0 Å². The van der Waals surface area contributed by atoms with E-state index in [0.717, 1.165) is 17.1 Å². The van der Waals surface area contributed by atoms with Gasteiger partial charge in [0.05, 0.1) is 10.9 Å². The minimum atomic E-state index is -0.197. The smallest absolute Gasteiger partial charge is 0.166 e. The van der Waals surface area contributed by atoms with Gasteiger partial charge in [-0.1, -0.05) is 48.5 Å². The van der Waals surface area contributed by atoms with Crippen molar-refractivity contribution in [2.45, 2.75) is 47.7 Å². The molecule has 4 aromatic rings. The van der Waals surface area contributed by atoms with Crippen molar-refractivity contribution >= 4 is 10.9 Å². The molecule has 0 aliphatic rings. The summed E-state index contributed by atoms with van der Waals surface area (Å²) in [7, 11) is -0.144. The Labute approximate surface area is 194 Å². The van der Waals surface area contributed by atoms with Gasteiger partial charge in [-0.3, -0.25) is 0 Å². The van der Waals surface area contributed by atoms with Crippen LogP contribution < -0.4 is 9.47 Å². The third-order valence-electron chi connectivity index (χ3n) is 4.77. The molecule has 162 valence electrons. The standard InChI is InChI=1S/C29H29O2S/c1-29(2,3)31-25-16-14-23(15-17-25)22-30-24-18-20-28(21-19-24)32(26-10-6-4-7-11-26)27-12-8-5-9-13-27/h4-21H,22H2,1-3H3/q+1. The largest absolute Gasteiger partial charge is 0.489 e. The van der Waals surface area contributed by atoms with Gasteiger partial charge in [-0.25, -0.2) is 0 Å². The Morgan fingerprint density at radius 2 is 1.03 bits per heavy atom. The molecule has 0 spiro atoms. The first-order valence-corrected chi connectivity index (χ1v) is 12.1. The lowest BCUT2D eigenvalue weighted by Crippen LogP contribution is -2.22. The van der Waals surface area contributed by atoms with E-state index in [-0.39, 0.29) is 16.5 Å². The van der Waals surface area contributed by atoms with Crippen molar-refractivity contribution in [2.75, 3.05) is 0 Å². The van der Waals surface area contributed by atoms with Crippen LogP contribution in [-0.4, -0.2) is 5.60 Å². The molecular formula is C29H29O2S+. The van der Waals surface area contributed by atoms with Crippen molar-refractivity contribution in [1.29, 1.82) is 0 Å². The Morgan fingerprint density at radius 3 is 1.53 bits per heavy atom. The SMILES string of the molecule is CC(C)(C)Oc1ccc(COc2ccc([S+](c3ccccc3)c3ccccc3)cc2)cc1. The summed E-state index contributed by atoms with van der Waals surface area (Å²) in [5, 5.41) is 0. The van der Waals surface area contributed by atoms with Gasteiger partial charge in [0.15, 0.2) is 14.7 Å². The zero-order chi connectivity index (χ0) is 22.4. The van der Waals surface area contributed by atoms with Crippen molar-refractivity contribution in [1.82, 2.24) is 0 Å². The van der Waals surface area contributed by atoms with Crippen molar-refractivity contribution in [3.05, 3.63) is 115 Å². The van der Waals surface area contributed by atoms with Gasteiger partial charge in [0, 0.05) is 0 Å². The van der Waals surface area contributed by atoms with E-state index in [4.69, 9.17) is 9.47 Å². The molecule has 0 atom stereocenters. The number of hydrogen-bond donors (Lipinski definition) is 0. The molecule has 2 nitrogen and oxygen atoms in total. The van der Waals surface area contributed by atoms with Gasteiger partial charge in [0.25, 0.3) is 0 Å². The van der Waals surface area contributed by atoms with Crippen LogP contribution in [0.25, 0.3) is 0 Å². The quantitative estimate of drug-likeness (QED) is 0.276. The van der Waals surface area contributed by atoms with Crippen LogP contribution >= 0.6 is 0 Å². The second-order valence-electron chi connectivity index (χ2n) is 8.55. The van der Waals surface area contributed by atoms with Gasteiger partial charge in [-0.15, -0.1) is 0 Å². The number of ether oxygens (including phenoxy) is 2. The lowest BCUT2D eigenvalue weighted by Gasteiger charge is -2.21. The fourth-order valence-electron chi connectivity index (χ4n) is 3.37. The summed E-state index contributed by atoms with van der Waals surface area (Å²) in [4.78, 5) is 3.90. The van der Waals surface area contributed by atoms with Gasteiger partial charge < -0.3 is 9.47 Å². The first kappa shape index (κ1) is 22.0. The third-order valence-corrected chi connectivity index (χ3v) is 7.00. The molecule has 0 heterocycles. The zero-order valence-electron chi connectivity index (χ0n) is 18.8. The first-order valence-electron chi connectivity index (χ1n) is 10.8. The summed E-state index contributed by atoms with van der Waals surface area (Å²) >= 11 is 0. The Kier molecular flexibility index (Phi) is 6.87. The monoisotopic (exact) mass is 441 g/mol. The maximum Gasteiger partial charge on any atom is 0.166 e. The summed E-state index contributed by atoms with van der Waals surface area (Å²) in [5.74, 6) is 1.74. The minimum Gasteiger partial charge on any atom is -0.489 e. The van der Waals surface area contributed by atoms with Gasteiger partial charge in [-0.05, 0) is 87.0 Å². The summed E-state index contributed by atoms with van der Waals surface area (Å²) in [6, 6.07) is 38.0. The molecule has 0 bridgehead atoms. The van der Waals surface area contributed by atoms with E-state index in [1.807, 2.05) is 12.1 Å². The fourth-order valence-corrected chi connectivity index (χ4v) is 5.45. The van der Waals surface area contributed by atoms with E-state index < -0.39 is 0 Å². The molecule has 0 unspecified atom stereocenters. The minimum absolute atomic E-state index is 0.144. The average molecular weight is 442 g/mol. The maximum atomic E-state index is 6.04. The molecular weight excluding hydrogens is 412 g/mol. The van der Waals surface area contributed by atoms with Crippen LogP contribution in [0.1, 0.15) is 26.3 Å². The molecule has 0 saturated carbocycles. The highest BCUT2D eigenvalue weighted by molar-refractivity contribution is 7.97. The van der Waals surface area contributed by atoms with Gasteiger partial charge in [-0.2, -0.15) is 0 Å². The fraction of sp³-hybridized carbons (Fsp3) is 0.172. The summed E-state index contributed by atoms with van der Waals surface area (Å²) in [6.07, 6.45) is 0. The van der Waals surface area contributed by atoms with E-state index in [0.29, 0.717) is 6.61 Å². The van der Waals surface area contributed by atoms with Crippen LogP contribution in [0.4, 0.5) is 0 Å². The molecule has 4 aromatic carbocycles. The number of benzene rings is 4. The summed E-state index contributed by atoms with van der Waals surface area (Å²) < 4.78 is 11.9.